The molecule has 0 amide bonds. The van der Waals surface area contributed by atoms with Crippen LogP contribution in [0.25, 0.3) is 0 Å². The second kappa shape index (κ2) is 3.44. The van der Waals surface area contributed by atoms with Gasteiger partial charge in [-0.15, -0.1) is 11.8 Å². The maximum atomic E-state index is 11.0. The van der Waals surface area contributed by atoms with Crippen molar-refractivity contribution in [1.82, 2.24) is 0 Å². The fourth-order valence-corrected chi connectivity index (χ4v) is 2.42. The molecule has 0 spiro atoms. The van der Waals surface area contributed by atoms with Crippen molar-refractivity contribution < 1.29 is 4.79 Å². The van der Waals surface area contributed by atoms with E-state index in [1.165, 1.54) is 11.1 Å². The number of ketones is 1. The van der Waals surface area contributed by atoms with E-state index in [9.17, 15) is 4.79 Å². The van der Waals surface area contributed by atoms with Crippen molar-refractivity contribution in [2.75, 3.05) is 5.75 Å². The van der Waals surface area contributed by atoms with E-state index in [1.54, 1.807) is 18.7 Å². The topological polar surface area (TPSA) is 17.1 Å². The Labute approximate surface area is 72.2 Å². The monoisotopic (exact) mass is 170 g/mol. The number of hydrogen-bond donors (Lipinski definition) is 0. The second-order valence-electron chi connectivity index (χ2n) is 3.18. The van der Waals surface area contributed by atoms with Gasteiger partial charge in [-0.05, 0) is 27.2 Å². The molecule has 0 radical (unpaired) electrons. The van der Waals surface area contributed by atoms with E-state index < -0.39 is 0 Å². The van der Waals surface area contributed by atoms with Crippen LogP contribution in [-0.4, -0.2) is 16.8 Å². The summed E-state index contributed by atoms with van der Waals surface area (Å²) in [5, 5.41) is 0.235. The van der Waals surface area contributed by atoms with Crippen LogP contribution in [-0.2, 0) is 4.79 Å². The quantitative estimate of drug-likeness (QED) is 0.562. The lowest BCUT2D eigenvalue weighted by atomic mass is 10.0. The Morgan fingerprint density at radius 1 is 1.45 bits per heavy atom. The molecule has 0 aliphatic carbocycles. The zero-order valence-electron chi connectivity index (χ0n) is 7.31. The van der Waals surface area contributed by atoms with E-state index in [2.05, 4.69) is 13.8 Å². The molecule has 1 aliphatic rings. The molecule has 62 valence electrons. The number of Topliss-reactive ketones (excluding diaryl/α,β-unsaturated/α-hetero) is 1. The van der Waals surface area contributed by atoms with Crippen molar-refractivity contribution in [2.24, 2.45) is 0 Å². The fraction of sp³-hybridized carbons (Fsp3) is 0.667. The van der Waals surface area contributed by atoms with Crippen LogP contribution in [0.15, 0.2) is 11.1 Å². The average molecular weight is 170 g/mol. The zero-order chi connectivity index (χ0) is 8.43. The third-order valence-corrected chi connectivity index (χ3v) is 3.68. The molecule has 0 aromatic carbocycles. The van der Waals surface area contributed by atoms with Crippen LogP contribution in [0.1, 0.15) is 27.2 Å². The van der Waals surface area contributed by atoms with Gasteiger partial charge in [-0.2, -0.15) is 0 Å². The average Bonchev–Trinajstić information content (AvgIpc) is 1.94. The smallest absolute Gasteiger partial charge is 0.143 e. The standard InChI is InChI=1S/C9H14OS/c1-6-4-9(8(3)10)11-5-7(6)2/h9H,4-5H2,1-3H3. The van der Waals surface area contributed by atoms with Crippen molar-refractivity contribution in [2.45, 2.75) is 32.4 Å². The van der Waals surface area contributed by atoms with Crippen molar-refractivity contribution in [3.63, 3.8) is 0 Å². The summed E-state index contributed by atoms with van der Waals surface area (Å²) in [5.74, 6) is 1.36. The first-order valence-corrected chi connectivity index (χ1v) is 4.93. The Balaban J connectivity index is 2.64. The second-order valence-corrected chi connectivity index (χ2v) is 4.37. The number of carbonyl (C=O) groups is 1. The first kappa shape index (κ1) is 8.85. The largest absolute Gasteiger partial charge is 0.299 e. The number of rotatable bonds is 1. The predicted molar refractivity (Wildman–Crippen MR) is 49.9 cm³/mol. The molecule has 0 fully saturated rings. The van der Waals surface area contributed by atoms with Crippen LogP contribution in [0.4, 0.5) is 0 Å². The van der Waals surface area contributed by atoms with Gasteiger partial charge in [0.2, 0.25) is 0 Å². The van der Waals surface area contributed by atoms with Crippen LogP contribution in [0.2, 0.25) is 0 Å². The van der Waals surface area contributed by atoms with E-state index in [0.717, 1.165) is 12.2 Å². The van der Waals surface area contributed by atoms with E-state index in [4.69, 9.17) is 0 Å². The highest BCUT2D eigenvalue weighted by Gasteiger charge is 2.20. The van der Waals surface area contributed by atoms with Gasteiger partial charge in [0.15, 0.2) is 0 Å². The highest BCUT2D eigenvalue weighted by molar-refractivity contribution is 8.00. The molecule has 0 aromatic heterocycles. The van der Waals surface area contributed by atoms with E-state index in [-0.39, 0.29) is 5.25 Å². The molecule has 1 nitrogen and oxygen atoms in total. The van der Waals surface area contributed by atoms with Gasteiger partial charge in [0, 0.05) is 5.75 Å². The fourth-order valence-electron chi connectivity index (χ4n) is 1.12. The molecule has 0 bridgehead atoms. The van der Waals surface area contributed by atoms with E-state index in [1.807, 2.05) is 0 Å². The maximum absolute atomic E-state index is 11.0. The molecule has 1 heterocycles. The van der Waals surface area contributed by atoms with E-state index >= 15 is 0 Å². The number of hydrogen-bond acceptors (Lipinski definition) is 2. The zero-order valence-corrected chi connectivity index (χ0v) is 8.12. The Morgan fingerprint density at radius 2 is 2.09 bits per heavy atom. The highest BCUT2D eigenvalue weighted by Crippen LogP contribution is 2.29. The molecule has 11 heavy (non-hydrogen) atoms. The Morgan fingerprint density at radius 3 is 2.55 bits per heavy atom. The van der Waals surface area contributed by atoms with Gasteiger partial charge in [-0.3, -0.25) is 4.79 Å². The molecule has 2 heteroatoms. The van der Waals surface area contributed by atoms with Crippen molar-refractivity contribution in [3.8, 4) is 0 Å². The first-order valence-electron chi connectivity index (χ1n) is 3.88. The lowest BCUT2D eigenvalue weighted by Crippen LogP contribution is -2.18. The summed E-state index contributed by atoms with van der Waals surface area (Å²) in [6.45, 7) is 5.97. The molecule has 0 aromatic rings. The lowest BCUT2D eigenvalue weighted by molar-refractivity contribution is -0.116. The summed E-state index contributed by atoms with van der Waals surface area (Å²) in [6.07, 6.45) is 0.964. The van der Waals surface area contributed by atoms with Gasteiger partial charge >= 0.3 is 0 Å². The number of allylic oxidation sites excluding steroid dienone is 1. The van der Waals surface area contributed by atoms with Gasteiger partial charge in [0.25, 0.3) is 0 Å². The molecule has 0 N–H and O–H groups in total. The first-order chi connectivity index (χ1) is 5.11. The Hall–Kier alpha value is -0.240. The van der Waals surface area contributed by atoms with E-state index in [0.29, 0.717) is 5.78 Å². The maximum Gasteiger partial charge on any atom is 0.143 e. The lowest BCUT2D eigenvalue weighted by Gasteiger charge is -2.21. The summed E-state index contributed by atoms with van der Waals surface area (Å²) < 4.78 is 0. The molecular weight excluding hydrogens is 156 g/mol. The van der Waals surface area contributed by atoms with Crippen LogP contribution in [0, 0.1) is 0 Å². The number of carbonyl (C=O) groups excluding carboxylic acids is 1. The molecule has 1 aliphatic heterocycles. The predicted octanol–water partition coefficient (Wildman–Crippen LogP) is 2.42. The molecule has 1 rings (SSSR count). The third kappa shape index (κ3) is 2.09. The summed E-state index contributed by atoms with van der Waals surface area (Å²) in [4.78, 5) is 11.0. The summed E-state index contributed by atoms with van der Waals surface area (Å²) in [7, 11) is 0. The number of thioether (sulfide) groups is 1. The van der Waals surface area contributed by atoms with Crippen LogP contribution >= 0.6 is 11.8 Å². The van der Waals surface area contributed by atoms with Gasteiger partial charge < -0.3 is 0 Å². The Kier molecular flexibility index (Phi) is 2.77. The van der Waals surface area contributed by atoms with Gasteiger partial charge in [-0.25, -0.2) is 0 Å². The van der Waals surface area contributed by atoms with Crippen molar-refractivity contribution >= 4 is 17.5 Å². The summed E-state index contributed by atoms with van der Waals surface area (Å²) in [6, 6.07) is 0. The summed E-state index contributed by atoms with van der Waals surface area (Å²) >= 11 is 1.78. The summed E-state index contributed by atoms with van der Waals surface area (Å²) in [5.41, 5.74) is 2.86. The normalized spacial score (nSPS) is 25.5. The molecule has 1 unspecified atom stereocenters. The molecule has 0 saturated carbocycles. The minimum Gasteiger partial charge on any atom is -0.299 e. The van der Waals surface area contributed by atoms with Gasteiger partial charge in [-0.1, -0.05) is 11.1 Å². The SMILES string of the molecule is CC(=O)C1CC(C)=C(C)CS1. The van der Waals surface area contributed by atoms with Crippen LogP contribution in [0.3, 0.4) is 0 Å². The Bertz CT molecular complexity index is 206. The van der Waals surface area contributed by atoms with Crippen molar-refractivity contribution in [3.05, 3.63) is 11.1 Å². The van der Waals surface area contributed by atoms with Crippen LogP contribution in [0.5, 0.6) is 0 Å². The molecule has 1 atom stereocenters. The van der Waals surface area contributed by atoms with Crippen molar-refractivity contribution in [1.29, 1.82) is 0 Å². The van der Waals surface area contributed by atoms with Crippen LogP contribution < -0.4 is 0 Å². The van der Waals surface area contributed by atoms with Gasteiger partial charge in [0.05, 0.1) is 5.25 Å². The molecule has 0 saturated heterocycles. The minimum atomic E-state index is 0.235. The third-order valence-electron chi connectivity index (χ3n) is 2.17. The minimum absolute atomic E-state index is 0.235. The highest BCUT2D eigenvalue weighted by atomic mass is 32.2. The molecular formula is C9H14OS. The van der Waals surface area contributed by atoms with Gasteiger partial charge in [0.1, 0.15) is 5.78 Å².